The summed E-state index contributed by atoms with van der Waals surface area (Å²) < 4.78 is 0. The van der Waals surface area contributed by atoms with Crippen molar-refractivity contribution in [1.82, 2.24) is 5.32 Å². The Balaban J connectivity index is 0.00000127. The fraction of sp³-hybridized carbons (Fsp3) is 0.316. The summed E-state index contributed by atoms with van der Waals surface area (Å²) in [6, 6.07) is 16.4. The van der Waals surface area contributed by atoms with Crippen molar-refractivity contribution in [1.29, 1.82) is 0 Å². The Morgan fingerprint density at radius 3 is 2.22 bits per heavy atom. The molecular formula is C19H25NO3. The highest BCUT2D eigenvalue weighted by Gasteiger charge is 2.06. The maximum Gasteiger partial charge on any atom is 0.335 e. The average Bonchev–Trinajstić information content (AvgIpc) is 2.61. The Morgan fingerprint density at radius 2 is 1.65 bits per heavy atom. The molecule has 23 heavy (non-hydrogen) atoms. The van der Waals surface area contributed by atoms with E-state index in [1.807, 2.05) is 56.3 Å². The van der Waals surface area contributed by atoms with Crippen molar-refractivity contribution in [3.63, 3.8) is 0 Å². The average molecular weight is 315 g/mol. The van der Waals surface area contributed by atoms with Crippen LogP contribution in [0.2, 0.25) is 0 Å². The van der Waals surface area contributed by atoms with Crippen LogP contribution < -0.4 is 5.32 Å². The third-order valence-corrected chi connectivity index (χ3v) is 3.31. The number of carboxylic acids is 1. The van der Waals surface area contributed by atoms with E-state index in [2.05, 4.69) is 5.32 Å². The number of nitrogens with one attached hydrogen (secondary N) is 1. The van der Waals surface area contributed by atoms with Crippen LogP contribution >= 0.6 is 0 Å². The predicted molar refractivity (Wildman–Crippen MR) is 92.7 cm³/mol. The summed E-state index contributed by atoms with van der Waals surface area (Å²) in [4.78, 5) is 10.7. The molecule has 0 amide bonds. The molecule has 4 nitrogen and oxygen atoms in total. The standard InChI is InChI=1S/C17H19NO3.C2H6/c19-16(14-4-2-1-3-5-14)12-18-11-10-13-6-8-15(9-7-13)17(20)21;1-2/h1-9,16,18-19H,10-12H2,(H,20,21);1-2H3. The quantitative estimate of drug-likeness (QED) is 0.686. The normalized spacial score (nSPS) is 11.3. The topological polar surface area (TPSA) is 69.6 Å². The van der Waals surface area contributed by atoms with Gasteiger partial charge in [-0.3, -0.25) is 0 Å². The molecule has 4 heteroatoms. The first-order chi connectivity index (χ1) is 11.2. The van der Waals surface area contributed by atoms with Gasteiger partial charge < -0.3 is 15.5 Å². The summed E-state index contributed by atoms with van der Waals surface area (Å²) >= 11 is 0. The fourth-order valence-electron chi connectivity index (χ4n) is 2.08. The second kappa shape index (κ2) is 10.5. The van der Waals surface area contributed by atoms with Gasteiger partial charge in [-0.25, -0.2) is 4.79 Å². The van der Waals surface area contributed by atoms with E-state index in [0.717, 1.165) is 24.1 Å². The van der Waals surface area contributed by atoms with Gasteiger partial charge in [0, 0.05) is 6.54 Å². The number of benzene rings is 2. The van der Waals surface area contributed by atoms with Gasteiger partial charge in [-0.05, 0) is 36.2 Å². The van der Waals surface area contributed by atoms with E-state index < -0.39 is 12.1 Å². The lowest BCUT2D eigenvalue weighted by atomic mass is 10.1. The van der Waals surface area contributed by atoms with Crippen LogP contribution in [0.4, 0.5) is 0 Å². The minimum Gasteiger partial charge on any atom is -0.478 e. The van der Waals surface area contributed by atoms with E-state index in [-0.39, 0.29) is 0 Å². The van der Waals surface area contributed by atoms with Crippen LogP contribution in [0.1, 0.15) is 41.4 Å². The van der Waals surface area contributed by atoms with Crippen LogP contribution in [-0.2, 0) is 6.42 Å². The highest BCUT2D eigenvalue weighted by Crippen LogP contribution is 2.10. The molecule has 124 valence electrons. The molecule has 0 spiro atoms. The summed E-state index contributed by atoms with van der Waals surface area (Å²) in [5.74, 6) is -0.911. The summed E-state index contributed by atoms with van der Waals surface area (Å²) in [6.07, 6.45) is 0.280. The molecule has 2 aromatic rings. The van der Waals surface area contributed by atoms with Gasteiger partial charge in [-0.2, -0.15) is 0 Å². The van der Waals surface area contributed by atoms with E-state index in [9.17, 15) is 9.90 Å². The molecule has 2 aromatic carbocycles. The Hall–Kier alpha value is -2.17. The van der Waals surface area contributed by atoms with Gasteiger partial charge in [0.1, 0.15) is 0 Å². The van der Waals surface area contributed by atoms with Crippen molar-refractivity contribution >= 4 is 5.97 Å². The van der Waals surface area contributed by atoms with Crippen LogP contribution in [0, 0.1) is 0 Å². The maximum atomic E-state index is 10.7. The first-order valence-corrected chi connectivity index (χ1v) is 7.93. The Morgan fingerprint density at radius 1 is 1.04 bits per heavy atom. The largest absolute Gasteiger partial charge is 0.478 e. The van der Waals surface area contributed by atoms with E-state index in [1.165, 1.54) is 0 Å². The lowest BCUT2D eigenvalue weighted by Crippen LogP contribution is -2.23. The van der Waals surface area contributed by atoms with E-state index >= 15 is 0 Å². The lowest BCUT2D eigenvalue weighted by molar-refractivity contribution is 0.0697. The highest BCUT2D eigenvalue weighted by atomic mass is 16.4. The van der Waals surface area contributed by atoms with Gasteiger partial charge in [0.05, 0.1) is 11.7 Å². The van der Waals surface area contributed by atoms with Crippen molar-refractivity contribution in [3.8, 4) is 0 Å². The van der Waals surface area contributed by atoms with Crippen LogP contribution in [0.25, 0.3) is 0 Å². The molecule has 0 radical (unpaired) electrons. The molecule has 0 heterocycles. The Labute approximate surface area is 137 Å². The molecule has 1 unspecified atom stereocenters. The van der Waals surface area contributed by atoms with Crippen molar-refractivity contribution in [2.45, 2.75) is 26.4 Å². The molecule has 0 aliphatic rings. The van der Waals surface area contributed by atoms with Crippen LogP contribution in [0.15, 0.2) is 54.6 Å². The van der Waals surface area contributed by atoms with Crippen molar-refractivity contribution < 1.29 is 15.0 Å². The molecule has 1 atom stereocenters. The first kappa shape index (κ1) is 18.9. The molecule has 0 fully saturated rings. The van der Waals surface area contributed by atoms with Crippen LogP contribution in [-0.4, -0.2) is 29.3 Å². The molecule has 2 rings (SSSR count). The van der Waals surface area contributed by atoms with Crippen molar-refractivity contribution in [2.24, 2.45) is 0 Å². The van der Waals surface area contributed by atoms with Gasteiger partial charge in [0.2, 0.25) is 0 Å². The zero-order valence-electron chi connectivity index (χ0n) is 13.7. The van der Waals surface area contributed by atoms with E-state index in [0.29, 0.717) is 12.1 Å². The van der Waals surface area contributed by atoms with E-state index in [4.69, 9.17) is 5.11 Å². The van der Waals surface area contributed by atoms with E-state index in [1.54, 1.807) is 12.1 Å². The fourth-order valence-corrected chi connectivity index (χ4v) is 2.08. The Bertz CT molecular complexity index is 567. The third-order valence-electron chi connectivity index (χ3n) is 3.31. The predicted octanol–water partition coefficient (Wildman–Crippen LogP) is 3.28. The number of hydrogen-bond donors (Lipinski definition) is 3. The molecule has 3 N–H and O–H groups in total. The van der Waals surface area contributed by atoms with Gasteiger partial charge in [0.15, 0.2) is 0 Å². The Kier molecular flexibility index (Phi) is 8.65. The molecule has 0 saturated heterocycles. The second-order valence-corrected chi connectivity index (χ2v) is 4.88. The number of rotatable bonds is 7. The molecule has 0 saturated carbocycles. The molecular weight excluding hydrogens is 290 g/mol. The van der Waals surface area contributed by atoms with Crippen molar-refractivity contribution in [3.05, 3.63) is 71.3 Å². The summed E-state index contributed by atoms with van der Waals surface area (Å²) in [6.45, 7) is 5.23. The van der Waals surface area contributed by atoms with Crippen LogP contribution in [0.3, 0.4) is 0 Å². The number of aliphatic hydroxyl groups is 1. The van der Waals surface area contributed by atoms with Gasteiger partial charge in [-0.1, -0.05) is 56.3 Å². The highest BCUT2D eigenvalue weighted by molar-refractivity contribution is 5.87. The first-order valence-electron chi connectivity index (χ1n) is 7.93. The molecule has 0 aliphatic carbocycles. The van der Waals surface area contributed by atoms with Gasteiger partial charge in [0.25, 0.3) is 0 Å². The lowest BCUT2D eigenvalue weighted by Gasteiger charge is -2.12. The molecule has 0 aromatic heterocycles. The summed E-state index contributed by atoms with van der Waals surface area (Å²) in [5, 5.41) is 22.0. The molecule has 0 aliphatic heterocycles. The minimum atomic E-state index is -0.911. The second-order valence-electron chi connectivity index (χ2n) is 4.88. The van der Waals surface area contributed by atoms with Crippen LogP contribution in [0.5, 0.6) is 0 Å². The summed E-state index contributed by atoms with van der Waals surface area (Å²) in [5.41, 5.74) is 2.27. The van der Waals surface area contributed by atoms with Gasteiger partial charge >= 0.3 is 5.97 Å². The van der Waals surface area contributed by atoms with Crippen molar-refractivity contribution in [2.75, 3.05) is 13.1 Å². The smallest absolute Gasteiger partial charge is 0.335 e. The van der Waals surface area contributed by atoms with Gasteiger partial charge in [-0.15, -0.1) is 0 Å². The third kappa shape index (κ3) is 6.63. The maximum absolute atomic E-state index is 10.7. The number of hydrogen-bond acceptors (Lipinski definition) is 3. The SMILES string of the molecule is CC.O=C(O)c1ccc(CCNCC(O)c2ccccc2)cc1. The number of carbonyl (C=O) groups is 1. The number of aliphatic hydroxyl groups excluding tert-OH is 1. The summed E-state index contributed by atoms with van der Waals surface area (Å²) in [7, 11) is 0. The zero-order valence-corrected chi connectivity index (χ0v) is 13.7. The molecule has 0 bridgehead atoms. The zero-order chi connectivity index (χ0) is 17.1. The number of aromatic carboxylic acids is 1. The minimum absolute atomic E-state index is 0.297. The number of carboxylic acid groups (broad SMARTS) is 1. The monoisotopic (exact) mass is 315 g/mol.